The fourth-order valence-corrected chi connectivity index (χ4v) is 3.92. The van der Waals surface area contributed by atoms with E-state index < -0.39 is 0 Å². The summed E-state index contributed by atoms with van der Waals surface area (Å²) in [6.07, 6.45) is 1.56. The lowest BCUT2D eigenvalue weighted by Crippen LogP contribution is -2.49. The SMILES string of the molecule is Cc1ccc(-c2noc([C@@H](C)N3CCN(C(=O)c4cnc5ccccc5n4)CC3)n2)cc1. The zero-order valence-electron chi connectivity index (χ0n) is 18.1. The van der Waals surface area contributed by atoms with Gasteiger partial charge in [0, 0.05) is 31.7 Å². The number of aryl methyl sites for hydroxylation is 1. The lowest BCUT2D eigenvalue weighted by Gasteiger charge is -2.36. The molecule has 0 N–H and O–H groups in total. The second-order valence-electron chi connectivity index (χ2n) is 8.07. The molecular formula is C24H24N6O2. The van der Waals surface area contributed by atoms with Gasteiger partial charge in [-0.2, -0.15) is 4.98 Å². The number of carbonyl (C=O) groups excluding carboxylic acids is 1. The lowest BCUT2D eigenvalue weighted by molar-refractivity contribution is 0.0546. The first-order chi connectivity index (χ1) is 15.6. The first-order valence-corrected chi connectivity index (χ1v) is 10.7. The molecule has 1 atom stereocenters. The van der Waals surface area contributed by atoms with Gasteiger partial charge < -0.3 is 9.42 Å². The second-order valence-corrected chi connectivity index (χ2v) is 8.07. The van der Waals surface area contributed by atoms with Crippen molar-refractivity contribution >= 4 is 16.9 Å². The molecule has 4 aromatic rings. The van der Waals surface area contributed by atoms with E-state index in [1.54, 1.807) is 6.20 Å². The highest BCUT2D eigenvalue weighted by Crippen LogP contribution is 2.24. The summed E-state index contributed by atoms with van der Waals surface area (Å²) in [5, 5.41) is 4.15. The van der Waals surface area contributed by atoms with Gasteiger partial charge in [0.05, 0.1) is 23.3 Å². The van der Waals surface area contributed by atoms with Gasteiger partial charge in [-0.05, 0) is 26.0 Å². The van der Waals surface area contributed by atoms with Gasteiger partial charge in [0.25, 0.3) is 5.91 Å². The number of hydrogen-bond acceptors (Lipinski definition) is 7. The number of amides is 1. The Labute approximate surface area is 185 Å². The molecule has 2 aromatic carbocycles. The van der Waals surface area contributed by atoms with Crippen LogP contribution in [0.25, 0.3) is 22.4 Å². The first kappa shape index (κ1) is 20.3. The molecule has 0 spiro atoms. The summed E-state index contributed by atoms with van der Waals surface area (Å²) in [7, 11) is 0. The van der Waals surface area contributed by atoms with E-state index in [1.807, 2.05) is 60.4 Å². The number of nitrogens with zero attached hydrogens (tertiary/aromatic N) is 6. The van der Waals surface area contributed by atoms with E-state index in [4.69, 9.17) is 4.52 Å². The molecule has 8 heteroatoms. The van der Waals surface area contributed by atoms with Crippen LogP contribution in [-0.2, 0) is 0 Å². The predicted molar refractivity (Wildman–Crippen MR) is 120 cm³/mol. The molecule has 0 saturated carbocycles. The normalized spacial score (nSPS) is 15.8. The molecule has 1 aliphatic rings. The van der Waals surface area contributed by atoms with E-state index in [0.717, 1.165) is 29.7 Å². The number of rotatable bonds is 4. The minimum Gasteiger partial charge on any atom is -0.337 e. The van der Waals surface area contributed by atoms with Gasteiger partial charge in [-0.25, -0.2) is 4.98 Å². The number of aromatic nitrogens is 4. The van der Waals surface area contributed by atoms with Gasteiger partial charge in [-0.3, -0.25) is 14.7 Å². The van der Waals surface area contributed by atoms with Crippen LogP contribution >= 0.6 is 0 Å². The van der Waals surface area contributed by atoms with Crippen LogP contribution in [0.1, 0.15) is 34.9 Å². The van der Waals surface area contributed by atoms with Crippen molar-refractivity contribution in [3.8, 4) is 11.4 Å². The third-order valence-electron chi connectivity index (χ3n) is 5.93. The highest BCUT2D eigenvalue weighted by atomic mass is 16.5. The van der Waals surface area contributed by atoms with Crippen LogP contribution < -0.4 is 0 Å². The molecular weight excluding hydrogens is 404 g/mol. The van der Waals surface area contributed by atoms with Crippen LogP contribution in [0.15, 0.2) is 59.3 Å². The Morgan fingerprint density at radius 2 is 1.69 bits per heavy atom. The fraction of sp³-hybridized carbons (Fsp3) is 0.292. The molecule has 1 fully saturated rings. The average Bonchev–Trinajstić information content (AvgIpc) is 3.34. The van der Waals surface area contributed by atoms with Crippen molar-refractivity contribution in [3.05, 3.63) is 71.9 Å². The Bertz CT molecular complexity index is 1240. The van der Waals surface area contributed by atoms with Gasteiger partial charge in [0.15, 0.2) is 0 Å². The monoisotopic (exact) mass is 428 g/mol. The van der Waals surface area contributed by atoms with Crippen LogP contribution in [0.5, 0.6) is 0 Å². The maximum atomic E-state index is 12.9. The van der Waals surface area contributed by atoms with Crippen molar-refractivity contribution in [1.29, 1.82) is 0 Å². The molecule has 1 aliphatic heterocycles. The summed E-state index contributed by atoms with van der Waals surface area (Å²) in [4.78, 5) is 30.5. The summed E-state index contributed by atoms with van der Waals surface area (Å²) >= 11 is 0. The van der Waals surface area contributed by atoms with Crippen LogP contribution in [0.2, 0.25) is 0 Å². The van der Waals surface area contributed by atoms with Gasteiger partial charge in [0.2, 0.25) is 11.7 Å². The molecule has 162 valence electrons. The van der Waals surface area contributed by atoms with Crippen molar-refractivity contribution in [3.63, 3.8) is 0 Å². The quantitative estimate of drug-likeness (QED) is 0.491. The van der Waals surface area contributed by atoms with Gasteiger partial charge in [-0.1, -0.05) is 47.1 Å². The van der Waals surface area contributed by atoms with Crippen molar-refractivity contribution in [2.45, 2.75) is 19.9 Å². The van der Waals surface area contributed by atoms with Crippen LogP contribution in [0, 0.1) is 6.92 Å². The molecule has 2 aromatic heterocycles. The topological polar surface area (TPSA) is 88.3 Å². The number of benzene rings is 2. The minimum atomic E-state index is -0.0880. The second kappa shape index (κ2) is 8.47. The largest absolute Gasteiger partial charge is 0.337 e. The van der Waals surface area contributed by atoms with Crippen LogP contribution in [-0.4, -0.2) is 62.0 Å². The molecule has 0 bridgehead atoms. The smallest absolute Gasteiger partial charge is 0.274 e. The first-order valence-electron chi connectivity index (χ1n) is 10.7. The third-order valence-corrected chi connectivity index (χ3v) is 5.93. The summed E-state index contributed by atoms with van der Waals surface area (Å²) < 4.78 is 5.55. The summed E-state index contributed by atoms with van der Waals surface area (Å²) in [5.74, 6) is 1.09. The Morgan fingerprint density at radius 3 is 2.44 bits per heavy atom. The standard InChI is InChI=1S/C24H24N6O2/c1-16-7-9-18(10-8-16)22-27-23(32-28-22)17(2)29-11-13-30(14-12-29)24(31)21-15-25-19-5-3-4-6-20(19)26-21/h3-10,15,17H,11-14H2,1-2H3/t17-/m1/s1. The number of carbonyl (C=O) groups is 1. The number of para-hydroxylation sites is 2. The third kappa shape index (κ3) is 3.97. The number of piperazine rings is 1. The Kier molecular flexibility index (Phi) is 5.36. The maximum Gasteiger partial charge on any atom is 0.274 e. The average molecular weight is 428 g/mol. The van der Waals surface area contributed by atoms with Crippen LogP contribution in [0.4, 0.5) is 0 Å². The molecule has 0 unspecified atom stereocenters. The minimum absolute atomic E-state index is 0.0283. The van der Waals surface area contributed by atoms with Crippen molar-refractivity contribution < 1.29 is 9.32 Å². The highest BCUT2D eigenvalue weighted by Gasteiger charge is 2.28. The van der Waals surface area contributed by atoms with Crippen molar-refractivity contribution in [2.24, 2.45) is 0 Å². The summed E-state index contributed by atoms with van der Waals surface area (Å²) in [5.41, 5.74) is 4.01. The lowest BCUT2D eigenvalue weighted by atomic mass is 10.1. The van der Waals surface area contributed by atoms with Gasteiger partial charge >= 0.3 is 0 Å². The van der Waals surface area contributed by atoms with E-state index in [2.05, 4.69) is 31.9 Å². The molecule has 1 saturated heterocycles. The zero-order chi connectivity index (χ0) is 22.1. The molecule has 8 nitrogen and oxygen atoms in total. The highest BCUT2D eigenvalue weighted by molar-refractivity contribution is 5.93. The van der Waals surface area contributed by atoms with Crippen molar-refractivity contribution in [2.75, 3.05) is 26.2 Å². The zero-order valence-corrected chi connectivity index (χ0v) is 18.1. The molecule has 0 radical (unpaired) electrons. The Morgan fingerprint density at radius 1 is 0.969 bits per heavy atom. The fourth-order valence-electron chi connectivity index (χ4n) is 3.92. The van der Waals surface area contributed by atoms with Crippen molar-refractivity contribution in [1.82, 2.24) is 29.9 Å². The van der Waals surface area contributed by atoms with E-state index in [1.165, 1.54) is 5.56 Å². The van der Waals surface area contributed by atoms with E-state index in [0.29, 0.717) is 30.5 Å². The summed E-state index contributed by atoms with van der Waals surface area (Å²) in [6.45, 7) is 6.75. The van der Waals surface area contributed by atoms with E-state index in [9.17, 15) is 4.79 Å². The van der Waals surface area contributed by atoms with Gasteiger partial charge in [-0.15, -0.1) is 0 Å². The van der Waals surface area contributed by atoms with Crippen LogP contribution in [0.3, 0.4) is 0 Å². The van der Waals surface area contributed by atoms with Gasteiger partial charge in [0.1, 0.15) is 5.69 Å². The Hall–Kier alpha value is -3.65. The van der Waals surface area contributed by atoms with E-state index >= 15 is 0 Å². The molecule has 5 rings (SSSR count). The number of hydrogen-bond donors (Lipinski definition) is 0. The molecule has 0 aliphatic carbocycles. The summed E-state index contributed by atoms with van der Waals surface area (Å²) in [6, 6.07) is 15.6. The van der Waals surface area contributed by atoms with E-state index in [-0.39, 0.29) is 11.9 Å². The molecule has 3 heterocycles. The Balaban J connectivity index is 1.23. The number of fused-ring (bicyclic) bond motifs is 1. The maximum absolute atomic E-state index is 12.9. The predicted octanol–water partition coefficient (Wildman–Crippen LogP) is 3.51. The molecule has 32 heavy (non-hydrogen) atoms. The molecule has 1 amide bonds.